The average molecular weight is 397 g/mol. The van der Waals surface area contributed by atoms with Gasteiger partial charge in [-0.3, -0.25) is 4.79 Å². The number of hydrogen-bond acceptors (Lipinski definition) is 4. The Morgan fingerprint density at radius 3 is 2.81 bits per heavy atom. The van der Waals surface area contributed by atoms with Crippen LogP contribution in [0, 0.1) is 0 Å². The van der Waals surface area contributed by atoms with Crippen LogP contribution < -0.4 is 4.74 Å². The van der Waals surface area contributed by atoms with Crippen molar-refractivity contribution in [3.05, 3.63) is 27.7 Å². The fraction of sp³-hybridized carbons (Fsp3) is 0.462. The van der Waals surface area contributed by atoms with E-state index < -0.39 is 9.84 Å². The molecular weight excluding hydrogens is 382 g/mol. The van der Waals surface area contributed by atoms with E-state index >= 15 is 0 Å². The highest BCUT2D eigenvalue weighted by Gasteiger charge is 2.32. The van der Waals surface area contributed by atoms with E-state index in [1.54, 1.807) is 25.2 Å². The molecule has 1 amide bonds. The lowest BCUT2D eigenvalue weighted by Crippen LogP contribution is -2.40. The van der Waals surface area contributed by atoms with E-state index in [0.29, 0.717) is 17.2 Å². The highest BCUT2D eigenvalue weighted by atomic mass is 79.9. The van der Waals surface area contributed by atoms with Crippen LogP contribution >= 0.6 is 27.5 Å². The number of halogens is 2. The fourth-order valence-electron chi connectivity index (χ4n) is 2.12. The maximum Gasteiger partial charge on any atom is 0.260 e. The third kappa shape index (κ3) is 4.34. The van der Waals surface area contributed by atoms with Gasteiger partial charge < -0.3 is 9.64 Å². The normalized spacial score (nSPS) is 20.2. The third-order valence-electron chi connectivity index (χ3n) is 3.39. The summed E-state index contributed by atoms with van der Waals surface area (Å²) in [7, 11) is -1.42. The Bertz CT molecular complexity index is 650. The van der Waals surface area contributed by atoms with Gasteiger partial charge in [0.25, 0.3) is 5.91 Å². The predicted molar refractivity (Wildman–Crippen MR) is 84.5 cm³/mol. The summed E-state index contributed by atoms with van der Waals surface area (Å²) in [5, 5.41) is 0.406. The van der Waals surface area contributed by atoms with E-state index in [4.69, 9.17) is 16.3 Å². The number of rotatable bonds is 4. The summed E-state index contributed by atoms with van der Waals surface area (Å²) < 4.78 is 29.1. The molecule has 0 spiro atoms. The van der Waals surface area contributed by atoms with Gasteiger partial charge in [-0.25, -0.2) is 8.42 Å². The van der Waals surface area contributed by atoms with Crippen LogP contribution in [0.25, 0.3) is 0 Å². The summed E-state index contributed by atoms with van der Waals surface area (Å²) in [5.41, 5.74) is 0. The molecule has 1 unspecified atom stereocenters. The molecule has 1 heterocycles. The zero-order valence-electron chi connectivity index (χ0n) is 11.4. The van der Waals surface area contributed by atoms with Crippen LogP contribution in [-0.2, 0) is 14.6 Å². The first-order valence-corrected chi connectivity index (χ1v) is 9.32. The van der Waals surface area contributed by atoms with E-state index in [1.165, 1.54) is 4.90 Å². The van der Waals surface area contributed by atoms with Crippen molar-refractivity contribution in [1.29, 1.82) is 0 Å². The molecule has 1 saturated heterocycles. The number of carbonyl (C=O) groups excluding carboxylic acids is 1. The Balaban J connectivity index is 1.92. The number of nitrogens with zero attached hydrogens (tertiary/aromatic N) is 1. The van der Waals surface area contributed by atoms with Crippen molar-refractivity contribution in [2.45, 2.75) is 12.5 Å². The summed E-state index contributed by atoms with van der Waals surface area (Å²) in [6.45, 7) is -0.172. The summed E-state index contributed by atoms with van der Waals surface area (Å²) in [4.78, 5) is 13.5. The van der Waals surface area contributed by atoms with E-state index in [0.717, 1.165) is 4.47 Å². The van der Waals surface area contributed by atoms with Crippen molar-refractivity contribution < 1.29 is 17.9 Å². The zero-order chi connectivity index (χ0) is 15.6. The summed E-state index contributed by atoms with van der Waals surface area (Å²) >= 11 is 9.28. The fourth-order valence-corrected chi connectivity index (χ4v) is 4.62. The molecule has 116 valence electrons. The number of amides is 1. The van der Waals surface area contributed by atoms with Crippen molar-refractivity contribution in [2.75, 3.05) is 25.2 Å². The maximum atomic E-state index is 12.0. The Morgan fingerprint density at radius 2 is 2.24 bits per heavy atom. The first kappa shape index (κ1) is 16.6. The van der Waals surface area contributed by atoms with Crippen LogP contribution in [0.15, 0.2) is 22.7 Å². The largest absolute Gasteiger partial charge is 0.482 e. The monoisotopic (exact) mass is 395 g/mol. The van der Waals surface area contributed by atoms with Crippen LogP contribution in [0.5, 0.6) is 5.75 Å². The standard InChI is InChI=1S/C13H15BrClNO4S/c1-16(10-4-5-21(18,19)8-10)13(17)7-20-12-3-2-9(14)6-11(12)15/h2-3,6,10H,4-5,7-8H2,1H3. The van der Waals surface area contributed by atoms with E-state index in [2.05, 4.69) is 15.9 Å². The molecule has 0 bridgehead atoms. The van der Waals surface area contributed by atoms with Crippen LogP contribution in [0.1, 0.15) is 6.42 Å². The Labute approximate surface area is 137 Å². The first-order valence-electron chi connectivity index (χ1n) is 6.32. The molecule has 1 atom stereocenters. The first-order chi connectivity index (χ1) is 9.78. The van der Waals surface area contributed by atoms with E-state index in [-0.39, 0.29) is 30.1 Å². The predicted octanol–water partition coefficient (Wildman–Crippen LogP) is 2.13. The van der Waals surface area contributed by atoms with Crippen LogP contribution in [-0.4, -0.2) is 50.4 Å². The van der Waals surface area contributed by atoms with Gasteiger partial charge in [-0.15, -0.1) is 0 Å². The lowest BCUT2D eigenvalue weighted by molar-refractivity contribution is -0.133. The van der Waals surface area contributed by atoms with Gasteiger partial charge >= 0.3 is 0 Å². The molecule has 0 saturated carbocycles. The smallest absolute Gasteiger partial charge is 0.260 e. The minimum atomic E-state index is -3.01. The van der Waals surface area contributed by atoms with Gasteiger partial charge in [0.2, 0.25) is 0 Å². The molecule has 8 heteroatoms. The van der Waals surface area contributed by atoms with Crippen LogP contribution in [0.2, 0.25) is 5.02 Å². The zero-order valence-corrected chi connectivity index (χ0v) is 14.5. The summed E-state index contributed by atoms with van der Waals surface area (Å²) in [6, 6.07) is 4.83. The number of ether oxygens (including phenoxy) is 1. The van der Waals surface area contributed by atoms with Crippen LogP contribution in [0.3, 0.4) is 0 Å². The molecule has 1 aromatic rings. The number of likely N-dealkylation sites (N-methyl/N-ethyl adjacent to an activating group) is 1. The SMILES string of the molecule is CN(C(=O)COc1ccc(Br)cc1Cl)C1CCS(=O)(=O)C1. The van der Waals surface area contributed by atoms with Gasteiger partial charge in [-0.2, -0.15) is 0 Å². The van der Waals surface area contributed by atoms with Gasteiger partial charge in [-0.05, 0) is 24.6 Å². The van der Waals surface area contributed by atoms with Crippen molar-refractivity contribution >= 4 is 43.3 Å². The van der Waals surface area contributed by atoms with Gasteiger partial charge in [0.15, 0.2) is 16.4 Å². The second kappa shape index (κ2) is 6.54. The van der Waals surface area contributed by atoms with Gasteiger partial charge in [-0.1, -0.05) is 27.5 Å². The Morgan fingerprint density at radius 1 is 1.52 bits per heavy atom. The van der Waals surface area contributed by atoms with Crippen molar-refractivity contribution in [3.63, 3.8) is 0 Å². The minimum Gasteiger partial charge on any atom is -0.482 e. The van der Waals surface area contributed by atoms with Crippen molar-refractivity contribution in [2.24, 2.45) is 0 Å². The molecule has 5 nitrogen and oxygen atoms in total. The molecule has 1 aliphatic heterocycles. The van der Waals surface area contributed by atoms with Crippen molar-refractivity contribution in [3.8, 4) is 5.75 Å². The van der Waals surface area contributed by atoms with E-state index in [1.807, 2.05) is 0 Å². The second-order valence-corrected chi connectivity index (χ2v) is 8.48. The summed E-state index contributed by atoms with van der Waals surface area (Å²) in [6.07, 6.45) is 0.476. The highest BCUT2D eigenvalue weighted by Crippen LogP contribution is 2.27. The van der Waals surface area contributed by atoms with Gasteiger partial charge in [0.1, 0.15) is 5.75 Å². The molecular formula is C13H15BrClNO4S. The van der Waals surface area contributed by atoms with Gasteiger partial charge in [0.05, 0.1) is 16.5 Å². The van der Waals surface area contributed by atoms with Gasteiger partial charge in [0, 0.05) is 17.6 Å². The molecule has 0 N–H and O–H groups in total. The molecule has 21 heavy (non-hydrogen) atoms. The lowest BCUT2D eigenvalue weighted by Gasteiger charge is -2.23. The molecule has 0 aliphatic carbocycles. The third-order valence-corrected chi connectivity index (χ3v) is 5.93. The molecule has 1 aliphatic rings. The topological polar surface area (TPSA) is 63.7 Å². The van der Waals surface area contributed by atoms with Crippen molar-refractivity contribution in [1.82, 2.24) is 4.90 Å². The maximum absolute atomic E-state index is 12.0. The summed E-state index contributed by atoms with van der Waals surface area (Å²) in [5.74, 6) is 0.305. The number of hydrogen-bond donors (Lipinski definition) is 0. The Kier molecular flexibility index (Phi) is 5.16. The van der Waals surface area contributed by atoms with E-state index in [9.17, 15) is 13.2 Å². The second-order valence-electron chi connectivity index (χ2n) is 4.92. The quantitative estimate of drug-likeness (QED) is 0.782. The minimum absolute atomic E-state index is 0.0221. The van der Waals surface area contributed by atoms with Crippen LogP contribution in [0.4, 0.5) is 0 Å². The lowest BCUT2D eigenvalue weighted by atomic mass is 10.2. The number of benzene rings is 1. The average Bonchev–Trinajstić information content (AvgIpc) is 2.77. The highest BCUT2D eigenvalue weighted by molar-refractivity contribution is 9.10. The molecule has 0 aromatic heterocycles. The number of sulfone groups is 1. The number of carbonyl (C=O) groups is 1. The Hall–Kier alpha value is -0.790. The molecule has 0 radical (unpaired) electrons. The molecule has 1 fully saturated rings. The molecule has 2 rings (SSSR count). The molecule has 1 aromatic carbocycles.